The number of carbonyl (C=O) groups excluding carboxylic acids is 2. The van der Waals surface area contributed by atoms with E-state index in [9.17, 15) is 9.59 Å². The normalized spacial score (nSPS) is 19.4. The number of carbonyl (C=O) groups is 2. The smallest absolute Gasteiger partial charge is 0.230 e. The largest absolute Gasteiger partial charge is 0.348 e. The highest BCUT2D eigenvalue weighted by atomic mass is 16.2. The lowest BCUT2D eigenvalue weighted by atomic mass is 9.73. The number of likely N-dealkylation sites (tertiary alicyclic amines) is 1. The van der Waals surface area contributed by atoms with Gasteiger partial charge in [0.05, 0.1) is 5.41 Å². The van der Waals surface area contributed by atoms with Crippen LogP contribution in [0.25, 0.3) is 11.1 Å². The summed E-state index contributed by atoms with van der Waals surface area (Å²) >= 11 is 0. The van der Waals surface area contributed by atoms with Crippen molar-refractivity contribution in [2.24, 2.45) is 10.8 Å². The molecule has 1 unspecified atom stereocenters. The van der Waals surface area contributed by atoms with E-state index >= 15 is 0 Å². The molecule has 5 heteroatoms. The third-order valence-electron chi connectivity index (χ3n) is 5.88. The summed E-state index contributed by atoms with van der Waals surface area (Å²) in [6, 6.07) is 12.4. The van der Waals surface area contributed by atoms with Gasteiger partial charge in [0.1, 0.15) is 0 Å². The van der Waals surface area contributed by atoms with Gasteiger partial charge in [0.15, 0.2) is 0 Å². The molecule has 2 aromatic rings. The van der Waals surface area contributed by atoms with Crippen molar-refractivity contribution in [1.82, 2.24) is 14.8 Å². The number of piperidine rings is 1. The van der Waals surface area contributed by atoms with Crippen molar-refractivity contribution in [3.05, 3.63) is 54.4 Å². The van der Waals surface area contributed by atoms with E-state index in [0.29, 0.717) is 13.0 Å². The van der Waals surface area contributed by atoms with Gasteiger partial charge in [0.2, 0.25) is 11.8 Å². The summed E-state index contributed by atoms with van der Waals surface area (Å²) in [5, 5.41) is 0. The first-order valence-corrected chi connectivity index (χ1v) is 10.6. The molecule has 3 rings (SSSR count). The number of aromatic nitrogens is 1. The lowest BCUT2D eigenvalue weighted by Gasteiger charge is -2.44. The molecule has 1 aromatic heterocycles. The predicted octanol–water partition coefficient (Wildman–Crippen LogP) is 4.03. The number of nitrogens with zero attached hydrogens (tertiary/aromatic N) is 3. The number of rotatable bonds is 4. The average Bonchev–Trinajstić information content (AvgIpc) is 2.73. The summed E-state index contributed by atoms with van der Waals surface area (Å²) < 4.78 is 0. The Bertz CT molecular complexity index is 885. The summed E-state index contributed by atoms with van der Waals surface area (Å²) in [6.07, 6.45) is 5.85. The third-order valence-corrected chi connectivity index (χ3v) is 5.88. The monoisotopic (exact) mass is 407 g/mol. The summed E-state index contributed by atoms with van der Waals surface area (Å²) in [6.45, 7) is 7.03. The van der Waals surface area contributed by atoms with Crippen molar-refractivity contribution in [3.63, 3.8) is 0 Å². The molecule has 1 aromatic carbocycles. The Balaban J connectivity index is 1.87. The molecule has 0 spiro atoms. The molecule has 2 heterocycles. The second-order valence-corrected chi connectivity index (χ2v) is 9.67. The van der Waals surface area contributed by atoms with Crippen LogP contribution < -0.4 is 0 Å². The molecule has 1 aliphatic rings. The number of hydrogen-bond donors (Lipinski definition) is 0. The van der Waals surface area contributed by atoms with Gasteiger partial charge < -0.3 is 9.80 Å². The average molecular weight is 408 g/mol. The van der Waals surface area contributed by atoms with Gasteiger partial charge in [0, 0.05) is 45.0 Å². The van der Waals surface area contributed by atoms with Crippen molar-refractivity contribution in [1.29, 1.82) is 0 Å². The molecule has 0 radical (unpaired) electrons. The van der Waals surface area contributed by atoms with Crippen LogP contribution >= 0.6 is 0 Å². The van der Waals surface area contributed by atoms with E-state index in [1.54, 1.807) is 31.4 Å². The Kier molecular flexibility index (Phi) is 6.30. The van der Waals surface area contributed by atoms with Gasteiger partial charge in [-0.15, -0.1) is 0 Å². The maximum absolute atomic E-state index is 13.3. The molecule has 1 saturated heterocycles. The molecular weight excluding hydrogens is 374 g/mol. The van der Waals surface area contributed by atoms with Gasteiger partial charge in [-0.25, -0.2) is 0 Å². The van der Waals surface area contributed by atoms with E-state index in [2.05, 4.69) is 29.2 Å². The quantitative estimate of drug-likeness (QED) is 0.769. The number of pyridine rings is 1. The zero-order valence-corrected chi connectivity index (χ0v) is 18.8. The Labute approximate surface area is 180 Å². The molecule has 2 amide bonds. The van der Waals surface area contributed by atoms with Crippen LogP contribution in [0.1, 0.15) is 39.2 Å². The summed E-state index contributed by atoms with van der Waals surface area (Å²) in [4.78, 5) is 33.9. The molecule has 1 aliphatic heterocycles. The fourth-order valence-electron chi connectivity index (χ4n) is 4.40. The topological polar surface area (TPSA) is 53.5 Å². The lowest BCUT2D eigenvalue weighted by molar-refractivity contribution is -0.150. The minimum absolute atomic E-state index is 0.104. The molecule has 0 saturated carbocycles. The third kappa shape index (κ3) is 4.72. The zero-order valence-electron chi connectivity index (χ0n) is 18.8. The van der Waals surface area contributed by atoms with E-state index in [1.807, 2.05) is 37.8 Å². The number of benzene rings is 1. The molecule has 1 fully saturated rings. The second kappa shape index (κ2) is 8.58. The summed E-state index contributed by atoms with van der Waals surface area (Å²) in [7, 11) is 3.61. The number of amides is 2. The molecule has 0 N–H and O–H groups in total. The first-order valence-electron chi connectivity index (χ1n) is 10.6. The van der Waals surface area contributed by atoms with Gasteiger partial charge in [-0.1, -0.05) is 45.0 Å². The molecule has 160 valence electrons. The molecular formula is C25H33N3O2. The highest BCUT2D eigenvalue weighted by Gasteiger charge is 2.45. The summed E-state index contributed by atoms with van der Waals surface area (Å²) in [5.41, 5.74) is 2.34. The van der Waals surface area contributed by atoms with E-state index in [4.69, 9.17) is 0 Å². The fraction of sp³-hybridized carbons (Fsp3) is 0.480. The maximum Gasteiger partial charge on any atom is 0.230 e. The fourth-order valence-corrected chi connectivity index (χ4v) is 4.40. The van der Waals surface area contributed by atoms with Crippen LogP contribution in [0.15, 0.2) is 48.8 Å². The van der Waals surface area contributed by atoms with Gasteiger partial charge in [-0.3, -0.25) is 14.6 Å². The van der Waals surface area contributed by atoms with Crippen LogP contribution in [0.5, 0.6) is 0 Å². The van der Waals surface area contributed by atoms with Gasteiger partial charge >= 0.3 is 0 Å². The molecule has 0 aliphatic carbocycles. The molecule has 30 heavy (non-hydrogen) atoms. The minimum Gasteiger partial charge on any atom is -0.348 e. The van der Waals surface area contributed by atoms with Crippen molar-refractivity contribution in [2.75, 3.05) is 27.2 Å². The Morgan fingerprint density at radius 1 is 1.03 bits per heavy atom. The predicted molar refractivity (Wildman–Crippen MR) is 120 cm³/mol. The number of hydrogen-bond acceptors (Lipinski definition) is 3. The Morgan fingerprint density at radius 2 is 1.63 bits per heavy atom. The van der Waals surface area contributed by atoms with E-state index in [-0.39, 0.29) is 11.8 Å². The zero-order chi connectivity index (χ0) is 21.9. The van der Waals surface area contributed by atoms with Crippen LogP contribution in [0.3, 0.4) is 0 Å². The van der Waals surface area contributed by atoms with E-state index in [1.165, 1.54) is 0 Å². The van der Waals surface area contributed by atoms with E-state index in [0.717, 1.165) is 36.1 Å². The van der Waals surface area contributed by atoms with Crippen molar-refractivity contribution >= 4 is 11.8 Å². The maximum atomic E-state index is 13.3. The van der Waals surface area contributed by atoms with Crippen LogP contribution in [0.4, 0.5) is 0 Å². The van der Waals surface area contributed by atoms with Gasteiger partial charge in [0.25, 0.3) is 0 Å². The molecule has 1 atom stereocenters. The molecule has 5 nitrogen and oxygen atoms in total. The van der Waals surface area contributed by atoms with Gasteiger partial charge in [-0.2, -0.15) is 0 Å². The first-order chi connectivity index (χ1) is 14.1. The first kappa shape index (κ1) is 22.0. The summed E-state index contributed by atoms with van der Waals surface area (Å²) in [5.74, 6) is 0.221. The molecule has 0 bridgehead atoms. The van der Waals surface area contributed by atoms with Crippen LogP contribution in [-0.4, -0.2) is 53.8 Å². The lowest BCUT2D eigenvalue weighted by Crippen LogP contribution is -2.55. The minimum atomic E-state index is -0.582. The van der Waals surface area contributed by atoms with Crippen LogP contribution in [0.2, 0.25) is 0 Å². The SMILES string of the molecule is CN(C)C(=O)C1(Cc2ccc(-c3ccncc3)cc2)CCCN(C(=O)C(C)(C)C)C1. The van der Waals surface area contributed by atoms with E-state index < -0.39 is 10.8 Å². The highest BCUT2D eigenvalue weighted by molar-refractivity contribution is 5.86. The Morgan fingerprint density at radius 3 is 2.20 bits per heavy atom. The van der Waals surface area contributed by atoms with Crippen molar-refractivity contribution < 1.29 is 9.59 Å². The van der Waals surface area contributed by atoms with Gasteiger partial charge in [-0.05, 0) is 48.1 Å². The van der Waals surface area contributed by atoms with Crippen LogP contribution in [0, 0.1) is 10.8 Å². The second-order valence-electron chi connectivity index (χ2n) is 9.67. The van der Waals surface area contributed by atoms with Crippen molar-refractivity contribution in [3.8, 4) is 11.1 Å². The highest BCUT2D eigenvalue weighted by Crippen LogP contribution is 2.37. The Hall–Kier alpha value is -2.69. The standard InChI is InChI=1S/C25H33N3O2/c1-24(2,3)22(29)28-16-6-13-25(18-28,23(30)27(4)5)17-19-7-9-20(10-8-19)21-11-14-26-15-12-21/h7-12,14-15H,6,13,16-18H2,1-5H3. The van der Waals surface area contributed by atoms with Crippen LogP contribution in [-0.2, 0) is 16.0 Å². The van der Waals surface area contributed by atoms with Crippen molar-refractivity contribution in [2.45, 2.75) is 40.0 Å².